The predicted molar refractivity (Wildman–Crippen MR) is 137 cm³/mol. The topological polar surface area (TPSA) is 33.2 Å². The van der Waals surface area contributed by atoms with Gasteiger partial charge in [0.25, 0.3) is 0 Å². The average molecular weight is 483 g/mol. The monoisotopic (exact) mass is 482 g/mol. The molecule has 1 unspecified atom stereocenters. The maximum Gasteiger partial charge on any atom is 0.226 e. The third-order valence-corrected chi connectivity index (χ3v) is 6.09. The van der Waals surface area contributed by atoms with Gasteiger partial charge in [0.15, 0.2) is 0 Å². The number of hydrogen-bond donors (Lipinski definition) is 0. The molecule has 2 atom stereocenters. The Hall–Kier alpha value is -2.36. The lowest BCUT2D eigenvalue weighted by molar-refractivity contribution is -0.142. The molecule has 3 nitrogen and oxygen atoms in total. The van der Waals surface area contributed by atoms with E-state index in [1.165, 1.54) is 24.8 Å². The van der Waals surface area contributed by atoms with Crippen molar-refractivity contribution in [1.29, 1.82) is 0 Å². The molecule has 1 aromatic heterocycles. The molecule has 2 aromatic carbocycles. The molecule has 2 fully saturated rings. The zero-order valence-electron chi connectivity index (χ0n) is 19.4. The van der Waals surface area contributed by atoms with Gasteiger partial charge in [-0.1, -0.05) is 79.7 Å². The number of aromatic nitrogens is 1. The Morgan fingerprint density at radius 3 is 2.18 bits per heavy atom. The van der Waals surface area contributed by atoms with Crippen LogP contribution in [0.2, 0.25) is 10.0 Å². The molecular weight excluding hydrogens is 451 g/mol. The van der Waals surface area contributed by atoms with E-state index < -0.39 is 0 Å². The van der Waals surface area contributed by atoms with Crippen molar-refractivity contribution in [3.05, 3.63) is 99.8 Å². The number of nitrogens with zero attached hydrogens (tertiary/aromatic N) is 2. The van der Waals surface area contributed by atoms with Crippen LogP contribution in [0, 0.1) is 12.8 Å². The predicted octanol–water partition coefficient (Wildman–Crippen LogP) is 8.05. The molecule has 0 N–H and O–H groups in total. The fourth-order valence-electron chi connectivity index (χ4n) is 3.62. The van der Waals surface area contributed by atoms with Gasteiger partial charge >= 0.3 is 0 Å². The van der Waals surface area contributed by atoms with Crippen LogP contribution < -0.4 is 0 Å². The number of benzene rings is 2. The summed E-state index contributed by atoms with van der Waals surface area (Å²) in [4.78, 5) is 19.0. The third-order valence-electron chi connectivity index (χ3n) is 5.60. The molecule has 1 aliphatic heterocycles. The van der Waals surface area contributed by atoms with Crippen molar-refractivity contribution in [1.82, 2.24) is 9.88 Å². The van der Waals surface area contributed by atoms with Crippen LogP contribution in [-0.2, 0) is 11.3 Å². The van der Waals surface area contributed by atoms with Gasteiger partial charge in [0.2, 0.25) is 5.91 Å². The molecule has 1 saturated heterocycles. The highest BCUT2D eigenvalue weighted by molar-refractivity contribution is 6.30. The number of aryl methyl sites for hydroxylation is 1. The summed E-state index contributed by atoms with van der Waals surface area (Å²) in [6.07, 6.45) is 8.16. The van der Waals surface area contributed by atoms with Gasteiger partial charge in [-0.25, -0.2) is 0 Å². The van der Waals surface area contributed by atoms with Crippen LogP contribution in [0.4, 0.5) is 0 Å². The normalized spacial score (nSPS) is 19.0. The Morgan fingerprint density at radius 1 is 0.909 bits per heavy atom. The van der Waals surface area contributed by atoms with Crippen LogP contribution in [-0.4, -0.2) is 15.8 Å². The number of rotatable bonds is 3. The summed E-state index contributed by atoms with van der Waals surface area (Å²) in [7, 11) is 0. The van der Waals surface area contributed by atoms with E-state index >= 15 is 0 Å². The number of carbonyl (C=O) groups is 1. The summed E-state index contributed by atoms with van der Waals surface area (Å²) >= 11 is 11.6. The molecule has 5 heteroatoms. The van der Waals surface area contributed by atoms with Gasteiger partial charge < -0.3 is 4.90 Å². The first-order valence-corrected chi connectivity index (χ1v) is 12.4. The summed E-state index contributed by atoms with van der Waals surface area (Å²) in [5, 5.41) is 1.53. The number of carbonyl (C=O) groups excluding carboxylic acids is 1. The van der Waals surface area contributed by atoms with Crippen molar-refractivity contribution >= 4 is 29.1 Å². The van der Waals surface area contributed by atoms with Crippen LogP contribution in [0.1, 0.15) is 61.9 Å². The van der Waals surface area contributed by atoms with Crippen molar-refractivity contribution in [3.8, 4) is 0 Å². The number of amides is 1. The summed E-state index contributed by atoms with van der Waals surface area (Å²) in [5.41, 5.74) is 3.27. The van der Waals surface area contributed by atoms with Crippen molar-refractivity contribution in [2.45, 2.75) is 58.5 Å². The average Bonchev–Trinajstić information content (AvgIpc) is 3.69. The molecule has 33 heavy (non-hydrogen) atoms. The standard InChI is InChI=1S/C18H19ClN2O.C7H7Cl.C3H6/c1-13-5-10-17(14-6-8-15(19)9-7-14)21(18(13)22)12-16-4-2-3-11-20-16;1-6-3-2-4-7(8)5-6;1-2-3-1/h2-4,6-9,11,13,17H,5,10,12H2,1H3;2-5H,1H3;1-3H2/t13?,17-;;/m0../s1. The van der Waals surface area contributed by atoms with E-state index in [4.69, 9.17) is 23.2 Å². The van der Waals surface area contributed by atoms with Crippen molar-refractivity contribution in [3.63, 3.8) is 0 Å². The smallest absolute Gasteiger partial charge is 0.226 e. The molecule has 3 aromatic rings. The van der Waals surface area contributed by atoms with Gasteiger partial charge in [-0.05, 0) is 67.3 Å². The summed E-state index contributed by atoms with van der Waals surface area (Å²) in [6.45, 7) is 4.58. The zero-order chi connectivity index (χ0) is 23.6. The van der Waals surface area contributed by atoms with Crippen molar-refractivity contribution in [2.75, 3.05) is 0 Å². The highest BCUT2D eigenvalue weighted by atomic mass is 35.5. The highest BCUT2D eigenvalue weighted by Gasteiger charge is 2.33. The number of piperidine rings is 1. The first kappa shape index (κ1) is 25.3. The van der Waals surface area contributed by atoms with E-state index in [1.54, 1.807) is 6.20 Å². The van der Waals surface area contributed by atoms with E-state index in [-0.39, 0.29) is 17.9 Å². The molecule has 1 saturated carbocycles. The van der Waals surface area contributed by atoms with Crippen molar-refractivity contribution < 1.29 is 4.79 Å². The summed E-state index contributed by atoms with van der Waals surface area (Å²) < 4.78 is 0. The number of hydrogen-bond acceptors (Lipinski definition) is 2. The second kappa shape index (κ2) is 12.8. The van der Waals surface area contributed by atoms with Crippen LogP contribution in [0.5, 0.6) is 0 Å². The van der Waals surface area contributed by atoms with Crippen molar-refractivity contribution in [2.24, 2.45) is 5.92 Å². The van der Waals surface area contributed by atoms with Gasteiger partial charge in [-0.2, -0.15) is 0 Å². The van der Waals surface area contributed by atoms with Gasteiger partial charge in [0, 0.05) is 22.2 Å². The zero-order valence-corrected chi connectivity index (χ0v) is 20.9. The van der Waals surface area contributed by atoms with Gasteiger partial charge in [0.1, 0.15) is 0 Å². The van der Waals surface area contributed by atoms with Crippen LogP contribution >= 0.6 is 23.2 Å². The van der Waals surface area contributed by atoms with Crippen LogP contribution in [0.25, 0.3) is 0 Å². The van der Waals surface area contributed by atoms with E-state index in [1.807, 2.05) is 85.5 Å². The third kappa shape index (κ3) is 8.49. The number of pyridine rings is 1. The highest BCUT2D eigenvalue weighted by Crippen LogP contribution is 2.35. The second-order valence-corrected chi connectivity index (χ2v) is 9.57. The lowest BCUT2D eigenvalue weighted by atomic mass is 9.89. The summed E-state index contributed by atoms with van der Waals surface area (Å²) in [5.74, 6) is 0.282. The minimum Gasteiger partial charge on any atom is -0.330 e. The summed E-state index contributed by atoms with van der Waals surface area (Å²) in [6, 6.07) is 21.5. The maximum atomic E-state index is 12.7. The number of likely N-dealkylation sites (tertiary alicyclic amines) is 1. The molecule has 2 aliphatic rings. The Labute approximate surface area is 207 Å². The maximum absolute atomic E-state index is 12.7. The van der Waals surface area contributed by atoms with Gasteiger partial charge in [-0.3, -0.25) is 9.78 Å². The largest absolute Gasteiger partial charge is 0.330 e. The van der Waals surface area contributed by atoms with Gasteiger partial charge in [-0.15, -0.1) is 0 Å². The minimum absolute atomic E-state index is 0.0762. The molecule has 0 bridgehead atoms. The molecule has 0 radical (unpaired) electrons. The molecule has 5 rings (SSSR count). The Kier molecular flexibility index (Phi) is 9.77. The lowest BCUT2D eigenvalue weighted by Crippen LogP contribution is -2.42. The second-order valence-electron chi connectivity index (χ2n) is 8.69. The fourth-order valence-corrected chi connectivity index (χ4v) is 3.99. The van der Waals surface area contributed by atoms with Crippen LogP contribution in [0.15, 0.2) is 72.9 Å². The molecule has 2 heterocycles. The first-order valence-electron chi connectivity index (χ1n) is 11.6. The van der Waals surface area contributed by atoms with Crippen LogP contribution in [0.3, 0.4) is 0 Å². The lowest BCUT2D eigenvalue weighted by Gasteiger charge is -2.38. The fraction of sp³-hybridized carbons (Fsp3) is 0.357. The number of halogens is 2. The van der Waals surface area contributed by atoms with Gasteiger partial charge in [0.05, 0.1) is 18.3 Å². The Morgan fingerprint density at radius 2 is 1.64 bits per heavy atom. The Balaban J connectivity index is 0.000000228. The molecule has 174 valence electrons. The quantitative estimate of drug-likeness (QED) is 0.378. The van der Waals surface area contributed by atoms with E-state index in [0.717, 1.165) is 34.1 Å². The SMILES string of the molecule is C1CC1.CC1CC[C@@H](c2ccc(Cl)cc2)N(Cc2ccccn2)C1=O.Cc1cccc(Cl)c1. The van der Waals surface area contributed by atoms with E-state index in [0.29, 0.717) is 6.54 Å². The Bertz CT molecular complexity index is 986. The molecule has 0 spiro atoms. The molecule has 1 amide bonds. The molecular formula is C28H32Cl2N2O. The van der Waals surface area contributed by atoms with E-state index in [2.05, 4.69) is 4.98 Å². The van der Waals surface area contributed by atoms with E-state index in [9.17, 15) is 4.79 Å². The molecule has 1 aliphatic carbocycles. The minimum atomic E-state index is 0.0762. The first-order chi connectivity index (χ1) is 15.9.